The van der Waals surface area contributed by atoms with Crippen molar-refractivity contribution < 1.29 is 13.9 Å². The van der Waals surface area contributed by atoms with E-state index >= 15 is 0 Å². The first-order valence-corrected chi connectivity index (χ1v) is 8.68. The number of nitrogens with one attached hydrogen (secondary N) is 2. The Morgan fingerprint density at radius 2 is 2.26 bits per heavy atom. The molecular weight excluding hydrogens is 292 g/mol. The lowest BCUT2D eigenvalue weighted by molar-refractivity contribution is 0.0520. The molecule has 2 N–H and O–H groups in total. The van der Waals surface area contributed by atoms with Crippen molar-refractivity contribution in [1.29, 1.82) is 0 Å². The smallest absolute Gasteiger partial charge is 0.407 e. The molecule has 1 aromatic rings. The Hall–Kier alpha value is -1.49. The summed E-state index contributed by atoms with van der Waals surface area (Å²) in [5.41, 5.74) is 0.807. The first kappa shape index (κ1) is 17.9. The summed E-state index contributed by atoms with van der Waals surface area (Å²) in [5.74, 6) is 1.10. The van der Waals surface area contributed by atoms with Gasteiger partial charge in [0, 0.05) is 30.6 Å². The van der Waals surface area contributed by atoms with E-state index in [2.05, 4.69) is 23.6 Å². The van der Waals surface area contributed by atoms with Gasteiger partial charge in [0.2, 0.25) is 0 Å². The van der Waals surface area contributed by atoms with E-state index in [1.165, 1.54) is 5.56 Å². The third-order valence-corrected chi connectivity index (χ3v) is 4.02. The molecule has 1 aliphatic carbocycles. The topological polar surface area (TPSA) is 63.5 Å². The van der Waals surface area contributed by atoms with Crippen LogP contribution in [-0.4, -0.2) is 24.3 Å². The molecule has 0 spiro atoms. The van der Waals surface area contributed by atoms with Gasteiger partial charge in [-0.05, 0) is 46.1 Å². The molecule has 2 atom stereocenters. The SMILES string of the molecule is CCCC(CNC(=O)OC(C)(C)C)NC1CCCc2occc21. The van der Waals surface area contributed by atoms with Crippen LogP contribution >= 0.6 is 0 Å². The number of hydrogen-bond donors (Lipinski definition) is 2. The zero-order valence-electron chi connectivity index (χ0n) is 14.8. The van der Waals surface area contributed by atoms with Crippen LogP contribution in [0, 0.1) is 0 Å². The fourth-order valence-corrected chi connectivity index (χ4v) is 3.06. The van der Waals surface area contributed by atoms with Crippen LogP contribution in [0.3, 0.4) is 0 Å². The summed E-state index contributed by atoms with van der Waals surface area (Å²) in [6, 6.07) is 2.61. The minimum atomic E-state index is -0.465. The molecule has 0 radical (unpaired) electrons. The number of furan rings is 1. The predicted octanol–water partition coefficient (Wildman–Crippen LogP) is 3.94. The van der Waals surface area contributed by atoms with E-state index < -0.39 is 5.60 Å². The molecule has 2 unspecified atom stereocenters. The molecule has 0 saturated heterocycles. The quantitative estimate of drug-likeness (QED) is 0.832. The standard InChI is InChI=1S/C18H30N2O3/c1-5-7-13(12-19-17(21)23-18(2,3)4)20-15-8-6-9-16-14(15)10-11-22-16/h10-11,13,15,20H,5-9,12H2,1-4H3,(H,19,21). The molecule has 0 aromatic carbocycles. The fraction of sp³-hybridized carbons (Fsp3) is 0.722. The van der Waals surface area contributed by atoms with Gasteiger partial charge in [-0.25, -0.2) is 4.79 Å². The Balaban J connectivity index is 1.88. The minimum Gasteiger partial charge on any atom is -0.469 e. The lowest BCUT2D eigenvalue weighted by Crippen LogP contribution is -2.44. The molecule has 5 heteroatoms. The molecule has 5 nitrogen and oxygen atoms in total. The molecule has 1 aliphatic rings. The first-order valence-electron chi connectivity index (χ1n) is 8.68. The highest BCUT2D eigenvalue weighted by molar-refractivity contribution is 5.67. The van der Waals surface area contributed by atoms with Crippen molar-refractivity contribution in [3.63, 3.8) is 0 Å². The first-order chi connectivity index (χ1) is 10.9. The van der Waals surface area contributed by atoms with Gasteiger partial charge in [-0.2, -0.15) is 0 Å². The highest BCUT2D eigenvalue weighted by Crippen LogP contribution is 2.30. The monoisotopic (exact) mass is 322 g/mol. The van der Waals surface area contributed by atoms with Crippen LogP contribution in [0.25, 0.3) is 0 Å². The van der Waals surface area contributed by atoms with E-state index in [0.717, 1.165) is 37.9 Å². The van der Waals surface area contributed by atoms with Crippen LogP contribution in [0.2, 0.25) is 0 Å². The van der Waals surface area contributed by atoms with Crippen molar-refractivity contribution in [3.05, 3.63) is 23.7 Å². The second-order valence-corrected chi connectivity index (χ2v) is 7.28. The van der Waals surface area contributed by atoms with Crippen LogP contribution in [-0.2, 0) is 11.2 Å². The van der Waals surface area contributed by atoms with E-state index in [1.807, 2.05) is 20.8 Å². The molecule has 1 amide bonds. The zero-order valence-corrected chi connectivity index (χ0v) is 14.8. The summed E-state index contributed by atoms with van der Waals surface area (Å²) in [5, 5.41) is 6.57. The van der Waals surface area contributed by atoms with Gasteiger partial charge in [-0.15, -0.1) is 0 Å². The summed E-state index contributed by atoms with van der Waals surface area (Å²) in [7, 11) is 0. The van der Waals surface area contributed by atoms with Gasteiger partial charge >= 0.3 is 6.09 Å². The van der Waals surface area contributed by atoms with Gasteiger partial charge in [0.1, 0.15) is 11.4 Å². The second kappa shape index (κ2) is 7.86. The number of amides is 1. The van der Waals surface area contributed by atoms with E-state index in [0.29, 0.717) is 12.6 Å². The molecule has 0 aliphatic heterocycles. The number of ether oxygens (including phenoxy) is 1. The number of carbonyl (C=O) groups excluding carboxylic acids is 1. The van der Waals surface area contributed by atoms with Crippen LogP contribution in [0.15, 0.2) is 16.7 Å². The number of hydrogen-bond acceptors (Lipinski definition) is 4. The third-order valence-electron chi connectivity index (χ3n) is 4.02. The summed E-state index contributed by atoms with van der Waals surface area (Å²) >= 11 is 0. The van der Waals surface area contributed by atoms with E-state index in [9.17, 15) is 4.79 Å². The van der Waals surface area contributed by atoms with E-state index in [1.54, 1.807) is 6.26 Å². The van der Waals surface area contributed by atoms with Gasteiger partial charge in [-0.1, -0.05) is 13.3 Å². The summed E-state index contributed by atoms with van der Waals surface area (Å²) in [6.45, 7) is 8.35. The maximum Gasteiger partial charge on any atom is 0.407 e. The molecule has 23 heavy (non-hydrogen) atoms. The Morgan fingerprint density at radius 1 is 1.48 bits per heavy atom. The summed E-state index contributed by atoms with van der Waals surface area (Å²) in [4.78, 5) is 11.8. The summed E-state index contributed by atoms with van der Waals surface area (Å²) < 4.78 is 10.9. The normalized spacial score (nSPS) is 19.0. The van der Waals surface area contributed by atoms with Crippen LogP contribution in [0.4, 0.5) is 4.79 Å². The van der Waals surface area contributed by atoms with Gasteiger partial charge in [0.15, 0.2) is 0 Å². The average molecular weight is 322 g/mol. The molecular formula is C18H30N2O3. The molecule has 1 aromatic heterocycles. The molecule has 0 bridgehead atoms. The molecule has 2 rings (SSSR count). The highest BCUT2D eigenvalue weighted by atomic mass is 16.6. The largest absolute Gasteiger partial charge is 0.469 e. The number of aryl methyl sites for hydroxylation is 1. The highest BCUT2D eigenvalue weighted by Gasteiger charge is 2.25. The van der Waals surface area contributed by atoms with Crippen molar-refractivity contribution in [2.24, 2.45) is 0 Å². The Labute approximate surface area is 139 Å². The third kappa shape index (κ3) is 5.57. The molecule has 0 saturated carbocycles. The summed E-state index contributed by atoms with van der Waals surface area (Å²) in [6.07, 6.45) is 6.77. The molecule has 1 heterocycles. The Morgan fingerprint density at radius 3 is 2.96 bits per heavy atom. The number of rotatable bonds is 6. The van der Waals surface area contributed by atoms with Crippen molar-refractivity contribution in [3.8, 4) is 0 Å². The van der Waals surface area contributed by atoms with Crippen LogP contribution in [0.5, 0.6) is 0 Å². The maximum atomic E-state index is 11.8. The number of alkyl carbamates (subject to hydrolysis) is 1. The maximum absolute atomic E-state index is 11.8. The second-order valence-electron chi connectivity index (χ2n) is 7.28. The fourth-order valence-electron chi connectivity index (χ4n) is 3.06. The molecule has 130 valence electrons. The Kier molecular flexibility index (Phi) is 6.10. The predicted molar refractivity (Wildman–Crippen MR) is 90.5 cm³/mol. The zero-order chi connectivity index (χ0) is 16.9. The van der Waals surface area contributed by atoms with E-state index in [4.69, 9.17) is 9.15 Å². The van der Waals surface area contributed by atoms with Crippen LogP contribution < -0.4 is 10.6 Å². The van der Waals surface area contributed by atoms with Gasteiger partial charge < -0.3 is 19.8 Å². The van der Waals surface area contributed by atoms with Gasteiger partial charge in [-0.3, -0.25) is 0 Å². The average Bonchev–Trinajstić information content (AvgIpc) is 2.92. The van der Waals surface area contributed by atoms with Gasteiger partial charge in [0.05, 0.1) is 6.26 Å². The molecule has 0 fully saturated rings. The van der Waals surface area contributed by atoms with Gasteiger partial charge in [0.25, 0.3) is 0 Å². The van der Waals surface area contributed by atoms with Crippen molar-refractivity contribution in [1.82, 2.24) is 10.6 Å². The van der Waals surface area contributed by atoms with Crippen molar-refractivity contribution in [2.75, 3.05) is 6.54 Å². The number of carbonyl (C=O) groups is 1. The van der Waals surface area contributed by atoms with Crippen molar-refractivity contribution in [2.45, 2.75) is 77.5 Å². The Bertz CT molecular complexity index is 505. The van der Waals surface area contributed by atoms with Crippen LogP contribution in [0.1, 0.15) is 70.7 Å². The number of fused-ring (bicyclic) bond motifs is 1. The van der Waals surface area contributed by atoms with Crippen molar-refractivity contribution >= 4 is 6.09 Å². The minimum absolute atomic E-state index is 0.235. The lowest BCUT2D eigenvalue weighted by Gasteiger charge is -2.29. The van der Waals surface area contributed by atoms with E-state index in [-0.39, 0.29) is 12.1 Å². The lowest BCUT2D eigenvalue weighted by atomic mass is 9.92.